The Morgan fingerprint density at radius 1 is 0.950 bits per heavy atom. The molecule has 2 aliphatic rings. The van der Waals surface area contributed by atoms with Gasteiger partial charge in [0.1, 0.15) is 5.82 Å². The van der Waals surface area contributed by atoms with Crippen molar-refractivity contribution in [2.24, 2.45) is 5.92 Å². The Labute approximate surface area is 238 Å². The van der Waals surface area contributed by atoms with E-state index in [1.165, 1.54) is 11.1 Å². The lowest BCUT2D eigenvalue weighted by Gasteiger charge is -2.47. The summed E-state index contributed by atoms with van der Waals surface area (Å²) in [5.41, 5.74) is 3.10. The van der Waals surface area contributed by atoms with Gasteiger partial charge in [0, 0.05) is 77.2 Å². The van der Waals surface area contributed by atoms with E-state index < -0.39 is 0 Å². The summed E-state index contributed by atoms with van der Waals surface area (Å²) < 4.78 is 14.4. The summed E-state index contributed by atoms with van der Waals surface area (Å²) in [6.45, 7) is 9.82. The molecule has 0 spiro atoms. The summed E-state index contributed by atoms with van der Waals surface area (Å²) in [5, 5.41) is 0. The fourth-order valence-electron chi connectivity index (χ4n) is 6.40. The Bertz CT molecular complexity index is 1200. The molecule has 5 rings (SSSR count). The van der Waals surface area contributed by atoms with Gasteiger partial charge in [-0.05, 0) is 61.6 Å². The number of likely N-dealkylation sites (tertiary alicyclic amines) is 1. The van der Waals surface area contributed by atoms with Crippen molar-refractivity contribution in [1.82, 2.24) is 19.7 Å². The minimum Gasteiger partial charge on any atom is -0.367 e. The van der Waals surface area contributed by atoms with E-state index in [4.69, 9.17) is 0 Å². The normalized spacial score (nSPS) is 20.4. The summed E-state index contributed by atoms with van der Waals surface area (Å²) >= 11 is 0. The Hall–Kier alpha value is -3.29. The van der Waals surface area contributed by atoms with Crippen molar-refractivity contribution >= 4 is 11.6 Å². The van der Waals surface area contributed by atoms with E-state index in [0.29, 0.717) is 37.2 Å². The maximum Gasteiger partial charge on any atom is 0.222 e. The summed E-state index contributed by atoms with van der Waals surface area (Å²) in [4.78, 5) is 26.9. The highest BCUT2D eigenvalue weighted by Gasteiger charge is 2.35. The molecule has 2 fully saturated rings. The largest absolute Gasteiger partial charge is 0.367 e. The number of nitrogens with zero attached hydrogens (tertiary/aromatic N) is 5. The molecule has 40 heavy (non-hydrogen) atoms. The molecule has 212 valence electrons. The fourth-order valence-corrected chi connectivity index (χ4v) is 6.40. The molecule has 0 radical (unpaired) electrons. The van der Waals surface area contributed by atoms with Crippen LogP contribution in [0.4, 0.5) is 10.1 Å². The highest BCUT2D eigenvalue weighted by molar-refractivity contribution is 5.76. The van der Waals surface area contributed by atoms with E-state index in [-0.39, 0.29) is 11.7 Å². The third kappa shape index (κ3) is 7.26. The van der Waals surface area contributed by atoms with Gasteiger partial charge in [-0.3, -0.25) is 19.6 Å². The average Bonchev–Trinajstić information content (AvgIpc) is 3.00. The molecule has 3 heterocycles. The first kappa shape index (κ1) is 28.2. The van der Waals surface area contributed by atoms with E-state index in [0.717, 1.165) is 58.7 Å². The van der Waals surface area contributed by atoms with Crippen molar-refractivity contribution in [3.8, 4) is 0 Å². The average molecular weight is 544 g/mol. The quantitative estimate of drug-likeness (QED) is 0.358. The van der Waals surface area contributed by atoms with Crippen LogP contribution >= 0.6 is 0 Å². The van der Waals surface area contributed by atoms with Gasteiger partial charge in [-0.1, -0.05) is 48.5 Å². The molecular weight excluding hydrogens is 501 g/mol. The highest BCUT2D eigenvalue weighted by Crippen LogP contribution is 2.30. The zero-order chi connectivity index (χ0) is 27.7. The van der Waals surface area contributed by atoms with Gasteiger partial charge in [0.05, 0.1) is 5.69 Å². The van der Waals surface area contributed by atoms with Crippen LogP contribution in [0.3, 0.4) is 0 Å². The van der Waals surface area contributed by atoms with Crippen LogP contribution in [0.2, 0.25) is 0 Å². The van der Waals surface area contributed by atoms with E-state index in [1.807, 2.05) is 53.7 Å². The first-order chi connectivity index (χ1) is 19.6. The minimum atomic E-state index is -0.146. The SMILES string of the molecule is CCN(Cc1ccccc1)C(=O)CC[C@H]1CN(Cc2cccnc2)CC[C@H]1N1CCN(c2ccccc2F)CC1. The Kier molecular flexibility index (Phi) is 9.79. The van der Waals surface area contributed by atoms with Crippen molar-refractivity contribution in [3.05, 3.63) is 96.1 Å². The second-order valence-corrected chi connectivity index (χ2v) is 11.1. The van der Waals surface area contributed by atoms with Crippen LogP contribution in [-0.2, 0) is 17.9 Å². The molecule has 2 aliphatic heterocycles. The number of benzene rings is 2. The predicted octanol–water partition coefficient (Wildman–Crippen LogP) is 5.06. The second-order valence-electron chi connectivity index (χ2n) is 11.1. The van der Waals surface area contributed by atoms with Crippen LogP contribution in [0.1, 0.15) is 37.3 Å². The van der Waals surface area contributed by atoms with Crippen LogP contribution < -0.4 is 4.90 Å². The lowest BCUT2D eigenvalue weighted by atomic mass is 9.86. The minimum absolute atomic E-state index is 0.146. The van der Waals surface area contributed by atoms with Gasteiger partial charge in [0.25, 0.3) is 0 Å². The topological polar surface area (TPSA) is 42.9 Å². The molecule has 0 saturated carbocycles. The third-order valence-corrected chi connectivity index (χ3v) is 8.56. The number of hydrogen-bond donors (Lipinski definition) is 0. The summed E-state index contributed by atoms with van der Waals surface area (Å²) in [6, 6.07) is 21.9. The third-order valence-electron chi connectivity index (χ3n) is 8.56. The first-order valence-corrected chi connectivity index (χ1v) is 14.8. The van der Waals surface area contributed by atoms with Gasteiger partial charge >= 0.3 is 0 Å². The number of amides is 1. The van der Waals surface area contributed by atoms with Crippen LogP contribution in [0, 0.1) is 11.7 Å². The van der Waals surface area contributed by atoms with Gasteiger partial charge in [0.15, 0.2) is 0 Å². The maximum absolute atomic E-state index is 14.4. The predicted molar refractivity (Wildman–Crippen MR) is 158 cm³/mol. The molecule has 1 amide bonds. The highest BCUT2D eigenvalue weighted by atomic mass is 19.1. The molecule has 0 unspecified atom stereocenters. The Balaban J connectivity index is 1.23. The zero-order valence-corrected chi connectivity index (χ0v) is 23.7. The number of carbonyl (C=O) groups excluding carboxylic acids is 1. The number of aromatic nitrogens is 1. The van der Waals surface area contributed by atoms with Crippen molar-refractivity contribution in [3.63, 3.8) is 0 Å². The monoisotopic (exact) mass is 543 g/mol. The Morgan fingerprint density at radius 2 is 1.70 bits per heavy atom. The van der Waals surface area contributed by atoms with E-state index >= 15 is 0 Å². The first-order valence-electron chi connectivity index (χ1n) is 14.8. The molecule has 2 aromatic carbocycles. The van der Waals surface area contributed by atoms with E-state index in [9.17, 15) is 9.18 Å². The number of pyridine rings is 1. The number of halogens is 1. The number of piperazine rings is 1. The number of anilines is 1. The van der Waals surface area contributed by atoms with Crippen molar-refractivity contribution in [1.29, 1.82) is 0 Å². The fraction of sp³-hybridized carbons (Fsp3) is 0.455. The van der Waals surface area contributed by atoms with Crippen LogP contribution in [-0.4, -0.2) is 77.4 Å². The van der Waals surface area contributed by atoms with Crippen LogP contribution in [0.5, 0.6) is 0 Å². The van der Waals surface area contributed by atoms with E-state index in [2.05, 4.69) is 44.8 Å². The molecule has 2 atom stereocenters. The number of hydrogen-bond acceptors (Lipinski definition) is 5. The molecule has 0 N–H and O–H groups in total. The number of carbonyl (C=O) groups is 1. The van der Waals surface area contributed by atoms with Crippen LogP contribution in [0.25, 0.3) is 0 Å². The molecule has 1 aromatic heterocycles. The standard InChI is InChI=1S/C33H42FN5O/c1-2-37(25-27-9-4-3-5-10-27)33(40)15-14-29-26-36(24-28-11-8-17-35-23-28)18-16-31(29)38-19-21-39(22-20-38)32-13-7-6-12-30(32)34/h3-13,17,23,29,31H,2,14-16,18-22,24-26H2,1H3/t29-,31+/m0/s1. The molecule has 2 saturated heterocycles. The van der Waals surface area contributed by atoms with Gasteiger partial charge in [0.2, 0.25) is 5.91 Å². The van der Waals surface area contributed by atoms with Gasteiger partial charge < -0.3 is 9.80 Å². The van der Waals surface area contributed by atoms with Crippen molar-refractivity contribution < 1.29 is 9.18 Å². The summed E-state index contributed by atoms with van der Waals surface area (Å²) in [6.07, 6.45) is 6.30. The van der Waals surface area contributed by atoms with Crippen LogP contribution in [0.15, 0.2) is 79.1 Å². The molecule has 3 aromatic rings. The number of piperidine rings is 1. The Morgan fingerprint density at radius 3 is 2.42 bits per heavy atom. The smallest absolute Gasteiger partial charge is 0.222 e. The molecule has 7 heteroatoms. The van der Waals surface area contributed by atoms with Gasteiger partial charge in [-0.25, -0.2) is 4.39 Å². The van der Waals surface area contributed by atoms with Crippen molar-refractivity contribution in [2.45, 2.75) is 45.3 Å². The molecule has 6 nitrogen and oxygen atoms in total. The summed E-state index contributed by atoms with van der Waals surface area (Å²) in [7, 11) is 0. The molecule has 0 bridgehead atoms. The number of para-hydroxylation sites is 1. The molecule has 0 aliphatic carbocycles. The van der Waals surface area contributed by atoms with E-state index in [1.54, 1.807) is 12.1 Å². The van der Waals surface area contributed by atoms with Gasteiger partial charge in [-0.15, -0.1) is 0 Å². The molecular formula is C33H42FN5O. The zero-order valence-electron chi connectivity index (χ0n) is 23.7. The van der Waals surface area contributed by atoms with Crippen molar-refractivity contribution in [2.75, 3.05) is 50.7 Å². The lowest BCUT2D eigenvalue weighted by Crippen LogP contribution is -2.56. The lowest BCUT2D eigenvalue weighted by molar-refractivity contribution is -0.132. The number of rotatable bonds is 10. The van der Waals surface area contributed by atoms with Gasteiger partial charge in [-0.2, -0.15) is 0 Å². The summed E-state index contributed by atoms with van der Waals surface area (Å²) in [5.74, 6) is 0.496. The maximum atomic E-state index is 14.4. The second kappa shape index (κ2) is 13.9.